The lowest BCUT2D eigenvalue weighted by Gasteiger charge is -2.24. The smallest absolute Gasteiger partial charge is 0.0846 e. The van der Waals surface area contributed by atoms with Crippen molar-refractivity contribution >= 4 is 46.2 Å². The van der Waals surface area contributed by atoms with Crippen LogP contribution in [0.1, 0.15) is 23.6 Å². The monoisotopic (exact) mass is 400 g/mol. The Kier molecular flexibility index (Phi) is 4.90. The van der Waals surface area contributed by atoms with Gasteiger partial charge < -0.3 is 0 Å². The first-order valence-electron chi connectivity index (χ1n) is 8.24. The number of halogens is 3. The number of benzene rings is 3. The van der Waals surface area contributed by atoms with Gasteiger partial charge >= 0.3 is 0 Å². The van der Waals surface area contributed by atoms with Gasteiger partial charge in [-0.3, -0.25) is 5.01 Å². The minimum atomic E-state index is 0.00726. The second-order valence-electron chi connectivity index (χ2n) is 6.12. The third kappa shape index (κ3) is 3.45. The highest BCUT2D eigenvalue weighted by Crippen LogP contribution is 2.40. The molecule has 26 heavy (non-hydrogen) atoms. The summed E-state index contributed by atoms with van der Waals surface area (Å²) in [5, 5.41) is 8.91. The summed E-state index contributed by atoms with van der Waals surface area (Å²) in [5.74, 6) is 0. The Bertz CT molecular complexity index is 953. The van der Waals surface area contributed by atoms with E-state index in [0.29, 0.717) is 15.1 Å². The number of anilines is 1. The minimum Gasteiger partial charge on any atom is -0.257 e. The van der Waals surface area contributed by atoms with Gasteiger partial charge in [-0.2, -0.15) is 5.10 Å². The molecule has 0 aliphatic carbocycles. The van der Waals surface area contributed by atoms with Crippen molar-refractivity contribution in [2.24, 2.45) is 5.10 Å². The molecule has 0 spiro atoms. The summed E-state index contributed by atoms with van der Waals surface area (Å²) in [6.07, 6.45) is 0.748. The maximum atomic E-state index is 6.50. The molecule has 0 aromatic heterocycles. The quantitative estimate of drug-likeness (QED) is 0.461. The van der Waals surface area contributed by atoms with E-state index in [-0.39, 0.29) is 6.04 Å². The molecule has 0 radical (unpaired) electrons. The molecule has 0 amide bonds. The van der Waals surface area contributed by atoms with Crippen molar-refractivity contribution in [3.05, 3.63) is 99.0 Å². The summed E-state index contributed by atoms with van der Waals surface area (Å²) in [7, 11) is 0. The molecule has 1 atom stereocenters. The van der Waals surface area contributed by atoms with Crippen LogP contribution in [0.4, 0.5) is 5.69 Å². The third-order valence-electron chi connectivity index (χ3n) is 4.43. The Morgan fingerprint density at radius 1 is 0.808 bits per heavy atom. The van der Waals surface area contributed by atoms with Crippen molar-refractivity contribution in [2.75, 3.05) is 5.01 Å². The average Bonchev–Trinajstić information content (AvgIpc) is 3.08. The van der Waals surface area contributed by atoms with Gasteiger partial charge in [0.05, 0.1) is 17.4 Å². The molecule has 3 aromatic rings. The van der Waals surface area contributed by atoms with E-state index in [2.05, 4.69) is 0 Å². The Morgan fingerprint density at radius 2 is 1.50 bits per heavy atom. The normalized spacial score (nSPS) is 16.7. The minimum absolute atomic E-state index is 0.00726. The summed E-state index contributed by atoms with van der Waals surface area (Å²) in [4.78, 5) is 0. The zero-order chi connectivity index (χ0) is 18.1. The second kappa shape index (κ2) is 7.32. The molecule has 0 fully saturated rings. The second-order valence-corrected chi connectivity index (χ2v) is 7.40. The third-order valence-corrected chi connectivity index (χ3v) is 5.24. The van der Waals surface area contributed by atoms with Gasteiger partial charge in [0.1, 0.15) is 0 Å². The van der Waals surface area contributed by atoms with Crippen LogP contribution in [0.5, 0.6) is 0 Å². The Balaban J connectivity index is 1.77. The van der Waals surface area contributed by atoms with Crippen molar-refractivity contribution < 1.29 is 0 Å². The maximum absolute atomic E-state index is 6.50. The largest absolute Gasteiger partial charge is 0.257 e. The van der Waals surface area contributed by atoms with E-state index in [1.165, 1.54) is 0 Å². The number of rotatable bonds is 3. The SMILES string of the molecule is Clc1ccc(C2=NN(c3ccccc3)C(c3ccc(Cl)cc3Cl)C2)cc1. The van der Waals surface area contributed by atoms with Crippen LogP contribution in [0.15, 0.2) is 77.9 Å². The van der Waals surface area contributed by atoms with Crippen molar-refractivity contribution in [1.82, 2.24) is 0 Å². The highest BCUT2D eigenvalue weighted by molar-refractivity contribution is 6.35. The van der Waals surface area contributed by atoms with E-state index in [1.54, 1.807) is 6.07 Å². The molecule has 0 saturated heterocycles. The summed E-state index contributed by atoms with van der Waals surface area (Å²) >= 11 is 18.6. The van der Waals surface area contributed by atoms with Crippen LogP contribution in [0.3, 0.4) is 0 Å². The van der Waals surface area contributed by atoms with E-state index >= 15 is 0 Å². The number of nitrogens with zero attached hydrogens (tertiary/aromatic N) is 2. The lowest BCUT2D eigenvalue weighted by molar-refractivity contribution is 0.709. The van der Waals surface area contributed by atoms with Crippen molar-refractivity contribution in [3.63, 3.8) is 0 Å². The fourth-order valence-corrected chi connectivity index (χ4v) is 3.82. The molecule has 0 saturated carbocycles. The van der Waals surface area contributed by atoms with Crippen LogP contribution >= 0.6 is 34.8 Å². The van der Waals surface area contributed by atoms with Crippen LogP contribution < -0.4 is 5.01 Å². The highest BCUT2D eigenvalue weighted by atomic mass is 35.5. The highest BCUT2D eigenvalue weighted by Gasteiger charge is 2.31. The number of hydrogen-bond donors (Lipinski definition) is 0. The van der Waals surface area contributed by atoms with Gasteiger partial charge in [0.15, 0.2) is 0 Å². The predicted octanol–water partition coefficient (Wildman–Crippen LogP) is 7.00. The van der Waals surface area contributed by atoms with Crippen molar-refractivity contribution in [3.8, 4) is 0 Å². The van der Waals surface area contributed by atoms with Crippen molar-refractivity contribution in [2.45, 2.75) is 12.5 Å². The van der Waals surface area contributed by atoms with Gasteiger partial charge in [0.2, 0.25) is 0 Å². The molecule has 2 nitrogen and oxygen atoms in total. The lowest BCUT2D eigenvalue weighted by Crippen LogP contribution is -2.18. The van der Waals surface area contributed by atoms with Crippen LogP contribution in [0, 0.1) is 0 Å². The van der Waals surface area contributed by atoms with Crippen LogP contribution in [0.25, 0.3) is 0 Å². The molecule has 5 heteroatoms. The molecule has 130 valence electrons. The molecule has 1 aliphatic heterocycles. The first-order valence-corrected chi connectivity index (χ1v) is 9.38. The standard InChI is InChI=1S/C21H15Cl3N2/c22-15-8-6-14(7-9-15)20-13-21(18-11-10-16(23)12-19(18)24)26(25-20)17-4-2-1-3-5-17/h1-12,21H,13H2. The molecule has 3 aromatic carbocycles. The first kappa shape index (κ1) is 17.4. The fraction of sp³-hybridized carbons (Fsp3) is 0.0952. The van der Waals surface area contributed by atoms with Gasteiger partial charge in [0.25, 0.3) is 0 Å². The number of para-hydroxylation sites is 1. The molecule has 1 unspecified atom stereocenters. The van der Waals surface area contributed by atoms with Gasteiger partial charge in [-0.05, 0) is 47.5 Å². The van der Waals surface area contributed by atoms with E-state index < -0.39 is 0 Å². The Labute approximate surface area is 167 Å². The van der Waals surface area contributed by atoms with Gasteiger partial charge in [0, 0.05) is 21.5 Å². The number of hydrogen-bond acceptors (Lipinski definition) is 2. The topological polar surface area (TPSA) is 15.6 Å². The maximum Gasteiger partial charge on any atom is 0.0846 e. The molecular weight excluding hydrogens is 387 g/mol. The van der Waals surface area contributed by atoms with Crippen LogP contribution in [-0.4, -0.2) is 5.71 Å². The molecule has 1 aliphatic rings. The zero-order valence-corrected chi connectivity index (χ0v) is 16.0. The fourth-order valence-electron chi connectivity index (χ4n) is 3.16. The molecule has 0 N–H and O–H groups in total. The van der Waals surface area contributed by atoms with Crippen molar-refractivity contribution in [1.29, 1.82) is 0 Å². The molecule has 0 bridgehead atoms. The van der Waals surface area contributed by atoms with E-state index in [9.17, 15) is 0 Å². The van der Waals surface area contributed by atoms with E-state index in [4.69, 9.17) is 39.9 Å². The van der Waals surface area contributed by atoms with Crippen LogP contribution in [-0.2, 0) is 0 Å². The zero-order valence-electron chi connectivity index (χ0n) is 13.7. The van der Waals surface area contributed by atoms with Crippen LogP contribution in [0.2, 0.25) is 15.1 Å². The summed E-state index contributed by atoms with van der Waals surface area (Å²) in [6.45, 7) is 0. The Hall–Kier alpha value is -2.00. The molecule has 1 heterocycles. The average molecular weight is 402 g/mol. The molecule has 4 rings (SSSR count). The number of hydrazone groups is 1. The summed E-state index contributed by atoms with van der Waals surface area (Å²) in [5.41, 5.74) is 4.09. The first-order chi connectivity index (χ1) is 12.6. The Morgan fingerprint density at radius 3 is 2.19 bits per heavy atom. The molecular formula is C21H15Cl3N2. The van der Waals surface area contributed by atoms with Gasteiger partial charge in [-0.25, -0.2) is 0 Å². The van der Waals surface area contributed by atoms with E-state index in [0.717, 1.165) is 28.9 Å². The van der Waals surface area contributed by atoms with E-state index in [1.807, 2.05) is 71.7 Å². The van der Waals surface area contributed by atoms with Gasteiger partial charge in [-0.1, -0.05) is 71.2 Å². The van der Waals surface area contributed by atoms with Gasteiger partial charge in [-0.15, -0.1) is 0 Å². The lowest BCUT2D eigenvalue weighted by atomic mass is 9.98. The summed E-state index contributed by atoms with van der Waals surface area (Å²) < 4.78 is 0. The summed E-state index contributed by atoms with van der Waals surface area (Å²) in [6, 6.07) is 23.5. The predicted molar refractivity (Wildman–Crippen MR) is 111 cm³/mol.